The van der Waals surface area contributed by atoms with Gasteiger partial charge in [0.15, 0.2) is 23.2 Å². The van der Waals surface area contributed by atoms with Gasteiger partial charge in [0, 0.05) is 27.1 Å². The van der Waals surface area contributed by atoms with E-state index in [0.717, 1.165) is 0 Å². The lowest BCUT2D eigenvalue weighted by atomic mass is 10.1. The van der Waals surface area contributed by atoms with Crippen molar-refractivity contribution in [2.45, 2.75) is 38.4 Å². The van der Waals surface area contributed by atoms with Crippen molar-refractivity contribution in [3.63, 3.8) is 0 Å². The van der Waals surface area contributed by atoms with Gasteiger partial charge in [0.05, 0.1) is 19.3 Å². The third-order valence-corrected chi connectivity index (χ3v) is 4.61. The molecule has 1 aliphatic heterocycles. The summed E-state index contributed by atoms with van der Waals surface area (Å²) in [4.78, 5) is 31.3. The molecule has 1 saturated heterocycles. The van der Waals surface area contributed by atoms with Crippen LogP contribution < -0.4 is 5.32 Å². The van der Waals surface area contributed by atoms with Crippen LogP contribution in [0.15, 0.2) is 11.3 Å². The van der Waals surface area contributed by atoms with E-state index >= 15 is 0 Å². The Hall–Kier alpha value is -2.67. The molecule has 2 aromatic heterocycles. The number of carbonyl (C=O) groups excluding carboxylic acids is 1. The average Bonchev–Trinajstić information content (AvgIpc) is 3.26. The van der Waals surface area contributed by atoms with Gasteiger partial charge in [-0.25, -0.2) is 9.98 Å². The first-order valence-electron chi connectivity index (χ1n) is 9.50. The van der Waals surface area contributed by atoms with Crippen LogP contribution in [0.5, 0.6) is 0 Å². The lowest BCUT2D eigenvalue weighted by Crippen LogP contribution is -2.34. The van der Waals surface area contributed by atoms with Gasteiger partial charge in [0.2, 0.25) is 11.9 Å². The summed E-state index contributed by atoms with van der Waals surface area (Å²) < 4.78 is 12.7. The molecule has 0 unspecified atom stereocenters. The first-order valence-corrected chi connectivity index (χ1v) is 9.50. The molecule has 30 heavy (non-hydrogen) atoms. The topological polar surface area (TPSA) is 147 Å². The molecule has 0 radical (unpaired) electrons. The van der Waals surface area contributed by atoms with Gasteiger partial charge in [-0.05, 0) is 0 Å². The number of aromatic nitrogens is 4. The Morgan fingerprint density at radius 1 is 1.47 bits per heavy atom. The number of imidazole rings is 1. The average molecular weight is 421 g/mol. The summed E-state index contributed by atoms with van der Waals surface area (Å²) in [6, 6.07) is 0. The summed E-state index contributed by atoms with van der Waals surface area (Å²) in [5.41, 5.74) is 0.726. The molecular formula is C18H27N7O5. The summed E-state index contributed by atoms with van der Waals surface area (Å²) in [5, 5.41) is 22.5. The zero-order valence-electron chi connectivity index (χ0n) is 17.6. The highest BCUT2D eigenvalue weighted by atomic mass is 16.6. The predicted octanol–water partition coefficient (Wildman–Crippen LogP) is -0.0922. The van der Waals surface area contributed by atoms with E-state index in [0.29, 0.717) is 11.2 Å². The van der Waals surface area contributed by atoms with E-state index in [1.54, 1.807) is 29.7 Å². The number of methoxy groups -OCH3 is 1. The third kappa shape index (κ3) is 4.26. The molecule has 1 aliphatic rings. The first-order chi connectivity index (χ1) is 14.3. The second kappa shape index (κ2) is 9.00. The minimum atomic E-state index is -1.03. The summed E-state index contributed by atoms with van der Waals surface area (Å²) in [5.74, 6) is -0.178. The van der Waals surface area contributed by atoms with Crippen molar-refractivity contribution in [1.82, 2.24) is 24.4 Å². The van der Waals surface area contributed by atoms with Crippen LogP contribution in [0, 0.1) is 5.92 Å². The van der Waals surface area contributed by atoms with Gasteiger partial charge in [-0.3, -0.25) is 14.7 Å². The van der Waals surface area contributed by atoms with Crippen LogP contribution in [-0.4, -0.2) is 93.0 Å². The van der Waals surface area contributed by atoms with Gasteiger partial charge in [-0.1, -0.05) is 13.8 Å². The molecule has 4 atom stereocenters. The zero-order valence-corrected chi connectivity index (χ0v) is 17.6. The monoisotopic (exact) mass is 421 g/mol. The van der Waals surface area contributed by atoms with Crippen molar-refractivity contribution in [2.24, 2.45) is 10.9 Å². The molecule has 0 saturated carbocycles. The second-order valence-electron chi connectivity index (χ2n) is 7.49. The summed E-state index contributed by atoms with van der Waals surface area (Å²) in [6.45, 7) is 3.15. The van der Waals surface area contributed by atoms with Gasteiger partial charge in [0.25, 0.3) is 0 Å². The van der Waals surface area contributed by atoms with Crippen LogP contribution in [-0.2, 0) is 14.3 Å². The van der Waals surface area contributed by atoms with Gasteiger partial charge in [0.1, 0.15) is 18.3 Å². The van der Waals surface area contributed by atoms with Crippen LogP contribution in [0.3, 0.4) is 0 Å². The summed E-state index contributed by atoms with van der Waals surface area (Å²) >= 11 is 0. The Bertz CT molecular complexity index is 929. The molecule has 12 heteroatoms. The SMILES string of the molecule is CO[C@@H]1[C@H](O)[C@@H](CO)O[C@H]1n1cnc2c(N=CN(C)C)nc(NC(=O)C(C)C)nc21. The van der Waals surface area contributed by atoms with E-state index in [4.69, 9.17) is 9.47 Å². The quantitative estimate of drug-likeness (QED) is 0.412. The van der Waals surface area contributed by atoms with Crippen molar-refractivity contribution in [3.05, 3.63) is 6.33 Å². The molecule has 1 fully saturated rings. The number of aliphatic hydroxyl groups excluding tert-OH is 2. The van der Waals surface area contributed by atoms with E-state index < -0.39 is 24.5 Å². The third-order valence-electron chi connectivity index (χ3n) is 4.61. The number of ether oxygens (including phenoxy) is 2. The number of carbonyl (C=O) groups is 1. The number of aliphatic hydroxyl groups is 2. The number of aliphatic imine (C=N–C) groups is 1. The number of nitrogens with one attached hydrogen (secondary N) is 1. The zero-order chi connectivity index (χ0) is 22.0. The number of hydrogen-bond donors (Lipinski definition) is 3. The highest BCUT2D eigenvalue weighted by Gasteiger charge is 2.45. The predicted molar refractivity (Wildman–Crippen MR) is 108 cm³/mol. The first kappa shape index (κ1) is 22.0. The van der Waals surface area contributed by atoms with E-state index in [1.807, 2.05) is 14.1 Å². The fourth-order valence-electron chi connectivity index (χ4n) is 3.01. The van der Waals surface area contributed by atoms with E-state index in [2.05, 4.69) is 25.3 Å². The summed E-state index contributed by atoms with van der Waals surface area (Å²) in [6.07, 6.45) is -0.352. The highest BCUT2D eigenvalue weighted by molar-refractivity contribution is 5.92. The molecule has 12 nitrogen and oxygen atoms in total. The smallest absolute Gasteiger partial charge is 0.233 e. The fraction of sp³-hybridized carbons (Fsp3) is 0.611. The number of rotatable bonds is 7. The highest BCUT2D eigenvalue weighted by Crippen LogP contribution is 2.34. The van der Waals surface area contributed by atoms with Crippen molar-refractivity contribution >= 4 is 35.2 Å². The van der Waals surface area contributed by atoms with Crippen LogP contribution in [0.2, 0.25) is 0 Å². The molecule has 0 aromatic carbocycles. The van der Waals surface area contributed by atoms with Crippen LogP contribution >= 0.6 is 0 Å². The Balaban J connectivity index is 2.10. The number of hydrogen-bond acceptors (Lipinski definition) is 9. The van der Waals surface area contributed by atoms with E-state index in [1.165, 1.54) is 13.4 Å². The Morgan fingerprint density at radius 3 is 2.80 bits per heavy atom. The Labute approximate surface area is 173 Å². The van der Waals surface area contributed by atoms with Crippen LogP contribution in [0.4, 0.5) is 11.8 Å². The molecule has 1 amide bonds. The van der Waals surface area contributed by atoms with Crippen molar-refractivity contribution < 1.29 is 24.5 Å². The van der Waals surface area contributed by atoms with Gasteiger partial charge >= 0.3 is 0 Å². The van der Waals surface area contributed by atoms with Crippen molar-refractivity contribution in [1.29, 1.82) is 0 Å². The molecule has 2 aromatic rings. The molecule has 164 valence electrons. The standard InChI is InChI=1S/C18H27N7O5/c1-9(2)16(28)23-18-21-14(20-7-24(3)4)11-15(22-18)25(8-19-11)17-13(29-5)12(27)10(6-26)30-17/h7-10,12-13,17,26-27H,6H2,1-5H3,(H,21,22,23,28)/t10-,12-,13-,17-/m1/s1. The molecule has 3 N–H and O–H groups in total. The van der Waals surface area contributed by atoms with E-state index in [9.17, 15) is 15.0 Å². The van der Waals surface area contributed by atoms with Gasteiger partial charge in [-0.15, -0.1) is 0 Å². The normalized spacial score (nSPS) is 24.3. The minimum Gasteiger partial charge on any atom is -0.394 e. The van der Waals surface area contributed by atoms with Crippen LogP contribution in [0.1, 0.15) is 20.1 Å². The maximum absolute atomic E-state index is 12.2. The minimum absolute atomic E-state index is 0.0695. The fourth-order valence-corrected chi connectivity index (χ4v) is 3.01. The van der Waals surface area contributed by atoms with E-state index in [-0.39, 0.29) is 30.2 Å². The molecule has 0 bridgehead atoms. The molecule has 0 spiro atoms. The molecule has 3 rings (SSSR count). The Kier molecular flexibility index (Phi) is 6.61. The lowest BCUT2D eigenvalue weighted by Gasteiger charge is -2.20. The molecular weight excluding hydrogens is 394 g/mol. The molecule has 0 aliphatic carbocycles. The molecule has 3 heterocycles. The Morgan fingerprint density at radius 2 is 2.20 bits per heavy atom. The number of fused-ring (bicyclic) bond motifs is 1. The van der Waals surface area contributed by atoms with Crippen molar-refractivity contribution in [3.8, 4) is 0 Å². The van der Waals surface area contributed by atoms with Gasteiger partial charge < -0.3 is 24.6 Å². The maximum atomic E-state index is 12.2. The van der Waals surface area contributed by atoms with Crippen LogP contribution in [0.25, 0.3) is 11.2 Å². The van der Waals surface area contributed by atoms with Gasteiger partial charge in [-0.2, -0.15) is 9.97 Å². The number of nitrogens with zero attached hydrogens (tertiary/aromatic N) is 6. The number of amides is 1. The second-order valence-corrected chi connectivity index (χ2v) is 7.49. The largest absolute Gasteiger partial charge is 0.394 e. The van der Waals surface area contributed by atoms with Crippen molar-refractivity contribution in [2.75, 3.05) is 33.1 Å². The number of anilines is 1. The lowest BCUT2D eigenvalue weighted by molar-refractivity contribution is -0.118. The maximum Gasteiger partial charge on any atom is 0.233 e. The summed E-state index contributed by atoms with van der Waals surface area (Å²) in [7, 11) is 5.07.